The van der Waals surface area contributed by atoms with Crippen molar-refractivity contribution < 1.29 is 4.74 Å². The summed E-state index contributed by atoms with van der Waals surface area (Å²) in [7, 11) is 1.68. The Morgan fingerprint density at radius 3 is 2.55 bits per heavy atom. The largest absolute Gasteiger partial charge is 0.497 e. The van der Waals surface area contributed by atoms with E-state index in [1.165, 1.54) is 37.7 Å². The molecule has 2 rings (SSSR count). The van der Waals surface area contributed by atoms with Crippen LogP contribution in [-0.2, 0) is 6.42 Å². The van der Waals surface area contributed by atoms with Gasteiger partial charge in [-0.3, -0.25) is 4.99 Å². The number of aliphatic imine (C=N–C) groups is 1. The number of nitrogens with one attached hydrogen (secondary N) is 1. The fourth-order valence-corrected chi connectivity index (χ4v) is 3.18. The summed E-state index contributed by atoms with van der Waals surface area (Å²) in [6.45, 7) is 3.94. The zero-order valence-electron chi connectivity index (χ0n) is 13.9. The van der Waals surface area contributed by atoms with Crippen LogP contribution in [0.25, 0.3) is 0 Å². The molecule has 1 saturated carbocycles. The summed E-state index contributed by atoms with van der Waals surface area (Å²) in [5.41, 5.74) is 7.66. The molecule has 3 N–H and O–H groups in total. The molecule has 0 unspecified atom stereocenters. The number of nitrogens with two attached hydrogens (primary N) is 1. The zero-order chi connectivity index (χ0) is 15.8. The third kappa shape index (κ3) is 4.65. The molecule has 0 radical (unpaired) electrons. The molecule has 0 aliphatic heterocycles. The molecule has 1 aliphatic carbocycles. The monoisotopic (exact) mass is 303 g/mol. The lowest BCUT2D eigenvalue weighted by atomic mass is 9.84. The lowest BCUT2D eigenvalue weighted by Gasteiger charge is -2.25. The SMILES string of the molecule is CCC1(CN=C(N)NCCc2ccc(OC)cc2)CCCC1. The minimum Gasteiger partial charge on any atom is -0.497 e. The number of methoxy groups -OCH3 is 1. The first kappa shape index (κ1) is 16.7. The van der Waals surface area contributed by atoms with Crippen molar-refractivity contribution in [3.63, 3.8) is 0 Å². The molecule has 1 aromatic rings. The van der Waals surface area contributed by atoms with E-state index in [0.717, 1.165) is 25.3 Å². The summed E-state index contributed by atoms with van der Waals surface area (Å²) in [6.07, 6.45) is 7.41. The van der Waals surface area contributed by atoms with Crippen LogP contribution in [0.5, 0.6) is 5.75 Å². The maximum Gasteiger partial charge on any atom is 0.188 e. The van der Waals surface area contributed by atoms with Crippen LogP contribution in [0.4, 0.5) is 0 Å². The van der Waals surface area contributed by atoms with Crippen molar-refractivity contribution in [1.82, 2.24) is 5.32 Å². The number of rotatable bonds is 7. The lowest BCUT2D eigenvalue weighted by Crippen LogP contribution is -2.34. The van der Waals surface area contributed by atoms with Crippen LogP contribution >= 0.6 is 0 Å². The van der Waals surface area contributed by atoms with E-state index < -0.39 is 0 Å². The van der Waals surface area contributed by atoms with E-state index in [0.29, 0.717) is 11.4 Å². The Labute approximate surface area is 134 Å². The molecule has 0 spiro atoms. The number of hydrogen-bond acceptors (Lipinski definition) is 2. The number of ether oxygens (including phenoxy) is 1. The molecule has 122 valence electrons. The summed E-state index contributed by atoms with van der Waals surface area (Å²) < 4.78 is 5.16. The Balaban J connectivity index is 1.74. The van der Waals surface area contributed by atoms with E-state index >= 15 is 0 Å². The van der Waals surface area contributed by atoms with Gasteiger partial charge >= 0.3 is 0 Å². The van der Waals surface area contributed by atoms with Gasteiger partial charge in [0.05, 0.1) is 7.11 Å². The van der Waals surface area contributed by atoms with Crippen molar-refractivity contribution in [2.75, 3.05) is 20.2 Å². The third-order valence-electron chi connectivity index (χ3n) is 4.88. The van der Waals surface area contributed by atoms with Gasteiger partial charge in [-0.15, -0.1) is 0 Å². The second-order valence-corrected chi connectivity index (χ2v) is 6.29. The van der Waals surface area contributed by atoms with Gasteiger partial charge in [0.1, 0.15) is 5.75 Å². The molecule has 22 heavy (non-hydrogen) atoms. The quantitative estimate of drug-likeness (QED) is 0.601. The number of benzene rings is 1. The van der Waals surface area contributed by atoms with Gasteiger partial charge in [0.2, 0.25) is 0 Å². The van der Waals surface area contributed by atoms with Gasteiger partial charge in [-0.05, 0) is 48.8 Å². The van der Waals surface area contributed by atoms with Gasteiger partial charge in [-0.1, -0.05) is 31.9 Å². The van der Waals surface area contributed by atoms with E-state index in [1.807, 2.05) is 12.1 Å². The fourth-order valence-electron chi connectivity index (χ4n) is 3.18. The zero-order valence-corrected chi connectivity index (χ0v) is 13.9. The molecule has 1 fully saturated rings. The molecule has 0 aromatic heterocycles. The van der Waals surface area contributed by atoms with E-state index in [-0.39, 0.29) is 0 Å². The Hall–Kier alpha value is -1.71. The number of hydrogen-bond donors (Lipinski definition) is 2. The van der Waals surface area contributed by atoms with E-state index in [4.69, 9.17) is 10.5 Å². The minimum atomic E-state index is 0.405. The highest BCUT2D eigenvalue weighted by Crippen LogP contribution is 2.41. The Bertz CT molecular complexity index is 476. The average molecular weight is 303 g/mol. The van der Waals surface area contributed by atoms with Gasteiger partial charge in [-0.2, -0.15) is 0 Å². The highest BCUT2D eigenvalue weighted by Gasteiger charge is 2.31. The minimum absolute atomic E-state index is 0.405. The van der Waals surface area contributed by atoms with Crippen LogP contribution in [-0.4, -0.2) is 26.2 Å². The topological polar surface area (TPSA) is 59.6 Å². The van der Waals surface area contributed by atoms with E-state index in [1.54, 1.807) is 7.11 Å². The summed E-state index contributed by atoms with van der Waals surface area (Å²) in [4.78, 5) is 4.57. The molecular formula is C18H29N3O. The van der Waals surface area contributed by atoms with Crippen molar-refractivity contribution in [3.8, 4) is 5.75 Å². The van der Waals surface area contributed by atoms with Crippen LogP contribution in [0.2, 0.25) is 0 Å². The van der Waals surface area contributed by atoms with Crippen LogP contribution < -0.4 is 15.8 Å². The Morgan fingerprint density at radius 2 is 1.95 bits per heavy atom. The second kappa shape index (κ2) is 8.06. The predicted octanol–water partition coefficient (Wildman–Crippen LogP) is 3.11. The van der Waals surface area contributed by atoms with E-state index in [9.17, 15) is 0 Å². The molecule has 4 heteroatoms. The highest BCUT2D eigenvalue weighted by atomic mass is 16.5. The van der Waals surface area contributed by atoms with Crippen molar-refractivity contribution in [2.45, 2.75) is 45.4 Å². The van der Waals surface area contributed by atoms with Crippen LogP contribution in [0.1, 0.15) is 44.6 Å². The van der Waals surface area contributed by atoms with Crippen LogP contribution in [0.3, 0.4) is 0 Å². The Kier molecular flexibility index (Phi) is 6.10. The van der Waals surface area contributed by atoms with Crippen LogP contribution in [0.15, 0.2) is 29.3 Å². The first-order valence-corrected chi connectivity index (χ1v) is 8.34. The molecule has 0 bridgehead atoms. The van der Waals surface area contributed by atoms with Gasteiger partial charge in [0, 0.05) is 13.1 Å². The summed E-state index contributed by atoms with van der Waals surface area (Å²) in [5.74, 6) is 1.47. The number of guanidine groups is 1. The molecule has 0 saturated heterocycles. The van der Waals surface area contributed by atoms with Gasteiger partial charge in [-0.25, -0.2) is 0 Å². The molecular weight excluding hydrogens is 274 g/mol. The first-order chi connectivity index (χ1) is 10.7. The van der Waals surface area contributed by atoms with Crippen molar-refractivity contribution in [2.24, 2.45) is 16.1 Å². The number of nitrogens with zero attached hydrogens (tertiary/aromatic N) is 1. The first-order valence-electron chi connectivity index (χ1n) is 8.34. The van der Waals surface area contributed by atoms with Gasteiger partial charge in [0.25, 0.3) is 0 Å². The molecule has 0 atom stereocenters. The van der Waals surface area contributed by atoms with E-state index in [2.05, 4.69) is 29.4 Å². The van der Waals surface area contributed by atoms with Crippen molar-refractivity contribution in [3.05, 3.63) is 29.8 Å². The van der Waals surface area contributed by atoms with Gasteiger partial charge in [0.15, 0.2) is 5.96 Å². The van der Waals surface area contributed by atoms with Crippen molar-refractivity contribution in [1.29, 1.82) is 0 Å². The smallest absolute Gasteiger partial charge is 0.188 e. The fraction of sp³-hybridized carbons (Fsp3) is 0.611. The standard InChI is InChI=1S/C18H29N3O/c1-3-18(11-4-5-12-18)14-21-17(19)20-13-10-15-6-8-16(22-2)9-7-15/h6-9H,3-5,10-14H2,1-2H3,(H3,19,20,21). The molecule has 4 nitrogen and oxygen atoms in total. The molecule has 1 aliphatic rings. The third-order valence-corrected chi connectivity index (χ3v) is 4.88. The normalized spacial score (nSPS) is 17.5. The molecule has 0 amide bonds. The highest BCUT2D eigenvalue weighted by molar-refractivity contribution is 5.77. The average Bonchev–Trinajstić information content (AvgIpc) is 3.03. The van der Waals surface area contributed by atoms with Crippen LogP contribution in [0, 0.1) is 5.41 Å². The summed E-state index contributed by atoms with van der Waals surface area (Å²) >= 11 is 0. The Morgan fingerprint density at radius 1 is 1.27 bits per heavy atom. The van der Waals surface area contributed by atoms with Crippen molar-refractivity contribution >= 4 is 5.96 Å². The molecule has 1 aromatic carbocycles. The predicted molar refractivity (Wildman–Crippen MR) is 92.4 cm³/mol. The lowest BCUT2D eigenvalue weighted by molar-refractivity contribution is 0.297. The molecule has 0 heterocycles. The summed E-state index contributed by atoms with van der Waals surface area (Å²) in [5, 5.41) is 3.22. The summed E-state index contributed by atoms with van der Waals surface area (Å²) in [6, 6.07) is 8.13. The maximum absolute atomic E-state index is 5.99. The second-order valence-electron chi connectivity index (χ2n) is 6.29. The maximum atomic E-state index is 5.99. The van der Waals surface area contributed by atoms with Gasteiger partial charge < -0.3 is 15.8 Å².